The third kappa shape index (κ3) is 5.55. The van der Waals surface area contributed by atoms with Crippen molar-refractivity contribution < 1.29 is 9.59 Å². The van der Waals surface area contributed by atoms with Crippen molar-refractivity contribution >= 4 is 56.5 Å². The SMILES string of the molecule is CC(=O)Nc1ccc(NC(=O)CSc2nc3scc(-c4ccc(C(C)C)cc4)c3c(=O)[nH]2)cc1. The Bertz CT molecular complexity index is 1390. The number of amides is 2. The van der Waals surface area contributed by atoms with Crippen molar-refractivity contribution in [2.24, 2.45) is 0 Å². The third-order valence-corrected chi connectivity index (χ3v) is 6.89. The van der Waals surface area contributed by atoms with Crippen molar-refractivity contribution in [2.75, 3.05) is 16.4 Å². The van der Waals surface area contributed by atoms with E-state index < -0.39 is 0 Å². The number of rotatable bonds is 7. The predicted molar refractivity (Wildman–Crippen MR) is 140 cm³/mol. The number of thiophene rings is 1. The summed E-state index contributed by atoms with van der Waals surface area (Å²) in [6.45, 7) is 5.73. The molecule has 0 radical (unpaired) electrons. The van der Waals surface area contributed by atoms with Crippen LogP contribution in [-0.2, 0) is 9.59 Å². The number of nitrogens with zero attached hydrogens (tertiary/aromatic N) is 1. The smallest absolute Gasteiger partial charge is 0.260 e. The zero-order valence-electron chi connectivity index (χ0n) is 19.0. The molecule has 0 aliphatic carbocycles. The van der Waals surface area contributed by atoms with Gasteiger partial charge in [-0.1, -0.05) is 49.9 Å². The Morgan fingerprint density at radius 3 is 2.29 bits per heavy atom. The standard InChI is InChI=1S/C25H24N4O3S2/c1-14(2)16-4-6-17(7-5-16)20-12-33-24-22(20)23(32)28-25(29-24)34-13-21(31)27-19-10-8-18(9-11-19)26-15(3)30/h4-12,14H,13H2,1-3H3,(H,26,30)(H,27,31)(H,28,29,32). The summed E-state index contributed by atoms with van der Waals surface area (Å²) in [6.07, 6.45) is 0. The van der Waals surface area contributed by atoms with Crippen LogP contribution in [0.3, 0.4) is 0 Å². The Hall–Kier alpha value is -3.43. The van der Waals surface area contributed by atoms with E-state index in [0.29, 0.717) is 32.7 Å². The number of carbonyl (C=O) groups is 2. The molecule has 0 bridgehead atoms. The van der Waals surface area contributed by atoms with Gasteiger partial charge in [-0.05, 0) is 41.3 Å². The van der Waals surface area contributed by atoms with E-state index in [1.807, 2.05) is 17.5 Å². The first-order valence-corrected chi connectivity index (χ1v) is 12.6. The van der Waals surface area contributed by atoms with Crippen molar-refractivity contribution in [3.63, 3.8) is 0 Å². The van der Waals surface area contributed by atoms with Crippen molar-refractivity contribution in [2.45, 2.75) is 31.8 Å². The number of hydrogen-bond donors (Lipinski definition) is 3. The summed E-state index contributed by atoms with van der Waals surface area (Å²) >= 11 is 2.58. The summed E-state index contributed by atoms with van der Waals surface area (Å²) < 4.78 is 0. The van der Waals surface area contributed by atoms with Gasteiger partial charge in [0.2, 0.25) is 11.8 Å². The number of anilines is 2. The first kappa shape index (κ1) is 23.7. The van der Waals surface area contributed by atoms with Crippen LogP contribution in [-0.4, -0.2) is 27.5 Å². The molecule has 2 aromatic carbocycles. The van der Waals surface area contributed by atoms with Gasteiger partial charge in [0, 0.05) is 29.2 Å². The Morgan fingerprint density at radius 2 is 1.68 bits per heavy atom. The molecule has 0 atom stereocenters. The lowest BCUT2D eigenvalue weighted by Crippen LogP contribution is -2.15. The molecule has 0 saturated carbocycles. The van der Waals surface area contributed by atoms with Crippen molar-refractivity contribution in [1.82, 2.24) is 9.97 Å². The topological polar surface area (TPSA) is 104 Å². The highest BCUT2D eigenvalue weighted by molar-refractivity contribution is 7.99. The highest BCUT2D eigenvalue weighted by Gasteiger charge is 2.14. The van der Waals surface area contributed by atoms with Gasteiger partial charge < -0.3 is 15.6 Å². The Kier molecular flexibility index (Phi) is 7.14. The van der Waals surface area contributed by atoms with Crippen LogP contribution in [0.25, 0.3) is 21.3 Å². The van der Waals surface area contributed by atoms with Gasteiger partial charge in [0.15, 0.2) is 5.16 Å². The van der Waals surface area contributed by atoms with Crippen LogP contribution in [0.15, 0.2) is 63.9 Å². The van der Waals surface area contributed by atoms with Gasteiger partial charge >= 0.3 is 0 Å². The van der Waals surface area contributed by atoms with Gasteiger partial charge in [0.05, 0.1) is 11.1 Å². The second kappa shape index (κ2) is 10.2. The van der Waals surface area contributed by atoms with Gasteiger partial charge in [0.1, 0.15) is 4.83 Å². The van der Waals surface area contributed by atoms with Crippen LogP contribution in [0.5, 0.6) is 0 Å². The lowest BCUT2D eigenvalue weighted by atomic mass is 9.99. The van der Waals surface area contributed by atoms with E-state index >= 15 is 0 Å². The van der Waals surface area contributed by atoms with Crippen LogP contribution in [0.2, 0.25) is 0 Å². The van der Waals surface area contributed by atoms with Crippen LogP contribution >= 0.6 is 23.1 Å². The zero-order valence-corrected chi connectivity index (χ0v) is 20.6. The number of aromatic amines is 1. The molecule has 0 saturated heterocycles. The third-order valence-electron chi connectivity index (χ3n) is 5.14. The first-order valence-electron chi connectivity index (χ1n) is 10.7. The van der Waals surface area contributed by atoms with E-state index in [2.05, 4.69) is 46.6 Å². The average molecular weight is 493 g/mol. The number of H-pyrrole nitrogens is 1. The highest BCUT2D eigenvalue weighted by Crippen LogP contribution is 2.32. The monoisotopic (exact) mass is 492 g/mol. The summed E-state index contributed by atoms with van der Waals surface area (Å²) in [4.78, 5) is 44.3. The van der Waals surface area contributed by atoms with Crippen molar-refractivity contribution in [3.05, 3.63) is 69.8 Å². The van der Waals surface area contributed by atoms with E-state index in [4.69, 9.17) is 0 Å². The molecule has 3 N–H and O–H groups in total. The minimum Gasteiger partial charge on any atom is -0.326 e. The molecule has 174 valence electrons. The molecule has 7 nitrogen and oxygen atoms in total. The maximum Gasteiger partial charge on any atom is 0.260 e. The number of thioether (sulfide) groups is 1. The maximum absolute atomic E-state index is 12.8. The second-order valence-electron chi connectivity index (χ2n) is 8.07. The second-order valence-corrected chi connectivity index (χ2v) is 9.89. The fourth-order valence-corrected chi connectivity index (χ4v) is 5.10. The molecule has 4 aromatic rings. The molecule has 0 unspecified atom stereocenters. The van der Waals surface area contributed by atoms with E-state index in [0.717, 1.165) is 11.1 Å². The predicted octanol–water partition coefficient (Wildman–Crippen LogP) is 5.46. The van der Waals surface area contributed by atoms with Gasteiger partial charge in [0.25, 0.3) is 5.56 Å². The van der Waals surface area contributed by atoms with Gasteiger partial charge in [-0.2, -0.15) is 0 Å². The molecule has 0 fully saturated rings. The minimum atomic E-state index is -0.225. The van der Waals surface area contributed by atoms with Crippen LogP contribution in [0.4, 0.5) is 11.4 Å². The molecule has 2 aromatic heterocycles. The lowest BCUT2D eigenvalue weighted by Gasteiger charge is -2.07. The van der Waals surface area contributed by atoms with E-state index in [1.165, 1.54) is 35.6 Å². The van der Waals surface area contributed by atoms with Gasteiger partial charge in [-0.25, -0.2) is 4.98 Å². The van der Waals surface area contributed by atoms with Crippen molar-refractivity contribution in [1.29, 1.82) is 0 Å². The van der Waals surface area contributed by atoms with Crippen molar-refractivity contribution in [3.8, 4) is 11.1 Å². The first-order chi connectivity index (χ1) is 16.3. The zero-order chi connectivity index (χ0) is 24.2. The summed E-state index contributed by atoms with van der Waals surface area (Å²) in [5.41, 5.74) is 4.14. The summed E-state index contributed by atoms with van der Waals surface area (Å²) in [5.74, 6) is 0.153. The lowest BCUT2D eigenvalue weighted by molar-refractivity contribution is -0.114. The van der Waals surface area contributed by atoms with Gasteiger partial charge in [-0.3, -0.25) is 14.4 Å². The summed E-state index contributed by atoms with van der Waals surface area (Å²) in [7, 11) is 0. The summed E-state index contributed by atoms with van der Waals surface area (Å²) in [6, 6.07) is 15.1. The van der Waals surface area contributed by atoms with E-state index in [-0.39, 0.29) is 23.1 Å². The quantitative estimate of drug-likeness (QED) is 0.235. The largest absolute Gasteiger partial charge is 0.326 e. The Balaban J connectivity index is 1.43. The summed E-state index contributed by atoms with van der Waals surface area (Å²) in [5, 5.41) is 8.38. The molecule has 4 rings (SSSR count). The van der Waals surface area contributed by atoms with E-state index in [9.17, 15) is 14.4 Å². The number of aromatic nitrogens is 2. The molecule has 0 aliphatic rings. The van der Waals surface area contributed by atoms with Crippen LogP contribution in [0, 0.1) is 0 Å². The van der Waals surface area contributed by atoms with E-state index in [1.54, 1.807) is 24.3 Å². The number of benzene rings is 2. The fourth-order valence-electron chi connectivity index (χ4n) is 3.43. The molecule has 0 spiro atoms. The minimum absolute atomic E-state index is 0.0940. The normalized spacial score (nSPS) is 11.1. The van der Waals surface area contributed by atoms with Crippen LogP contribution in [0.1, 0.15) is 32.3 Å². The maximum atomic E-state index is 12.8. The molecule has 9 heteroatoms. The number of fused-ring (bicyclic) bond motifs is 1. The van der Waals surface area contributed by atoms with Gasteiger partial charge in [-0.15, -0.1) is 11.3 Å². The number of carbonyl (C=O) groups excluding carboxylic acids is 2. The molecule has 2 amide bonds. The molecular formula is C25H24N4O3S2. The Labute approximate surface area is 205 Å². The molecule has 2 heterocycles. The average Bonchev–Trinajstić information content (AvgIpc) is 3.23. The molecule has 0 aliphatic heterocycles. The highest BCUT2D eigenvalue weighted by atomic mass is 32.2. The number of nitrogens with one attached hydrogen (secondary N) is 3. The van der Waals surface area contributed by atoms with Crippen LogP contribution < -0.4 is 16.2 Å². The molecular weight excluding hydrogens is 468 g/mol. The molecule has 34 heavy (non-hydrogen) atoms. The fraction of sp³-hybridized carbons (Fsp3) is 0.200. The Morgan fingerprint density at radius 1 is 1.03 bits per heavy atom. The number of hydrogen-bond acceptors (Lipinski definition) is 6.